The molecule has 0 spiro atoms. The van der Waals surface area contributed by atoms with Crippen molar-refractivity contribution in [1.29, 1.82) is 0 Å². The summed E-state index contributed by atoms with van der Waals surface area (Å²) >= 11 is 0. The van der Waals surface area contributed by atoms with Gasteiger partial charge in [-0.05, 0) is 0 Å². The summed E-state index contributed by atoms with van der Waals surface area (Å²) in [4.78, 5) is 9.37. The van der Waals surface area contributed by atoms with Crippen LogP contribution in [0, 0.1) is 4.91 Å². The van der Waals surface area contributed by atoms with Gasteiger partial charge in [0.05, 0.1) is 0 Å². The third kappa shape index (κ3) is 5.52. The number of hydrogen-bond donors (Lipinski definition) is 1. The standard InChI is InChI=1S/C3H9N3O/c1-6(2)4-3-5-7/h4H,3H2,1-2H3. The first kappa shape index (κ1) is 6.52. The van der Waals surface area contributed by atoms with Crippen molar-refractivity contribution in [1.82, 2.24) is 10.4 Å². The average molecular weight is 103 g/mol. The van der Waals surface area contributed by atoms with Crippen LogP contribution in [-0.4, -0.2) is 25.8 Å². The van der Waals surface area contributed by atoms with Crippen molar-refractivity contribution in [3.63, 3.8) is 0 Å². The first-order valence-electron chi connectivity index (χ1n) is 1.97. The lowest BCUT2D eigenvalue weighted by molar-refractivity contribution is 0.295. The zero-order valence-corrected chi connectivity index (χ0v) is 4.51. The Morgan fingerprint density at radius 1 is 1.71 bits per heavy atom. The van der Waals surface area contributed by atoms with Gasteiger partial charge in [-0.15, -0.1) is 4.91 Å². The van der Waals surface area contributed by atoms with Crippen LogP contribution in [0.25, 0.3) is 0 Å². The maximum Gasteiger partial charge on any atom is 0.143 e. The third-order valence-electron chi connectivity index (χ3n) is 0.451. The molecule has 0 aromatic heterocycles. The average Bonchev–Trinajstić information content (AvgIpc) is 1.61. The van der Waals surface area contributed by atoms with Crippen LogP contribution in [0.15, 0.2) is 5.18 Å². The summed E-state index contributed by atoms with van der Waals surface area (Å²) in [6.45, 7) is 0.146. The molecule has 0 saturated heterocycles. The Morgan fingerprint density at radius 3 is 2.43 bits per heavy atom. The van der Waals surface area contributed by atoms with E-state index in [0.29, 0.717) is 0 Å². The van der Waals surface area contributed by atoms with E-state index in [2.05, 4.69) is 10.6 Å². The molecule has 7 heavy (non-hydrogen) atoms. The highest BCUT2D eigenvalue weighted by Gasteiger charge is 1.80. The van der Waals surface area contributed by atoms with Crippen molar-refractivity contribution in [2.24, 2.45) is 5.18 Å². The molecule has 0 radical (unpaired) electrons. The van der Waals surface area contributed by atoms with Crippen LogP contribution in [0.5, 0.6) is 0 Å². The van der Waals surface area contributed by atoms with E-state index in [1.54, 1.807) is 19.1 Å². The van der Waals surface area contributed by atoms with Crippen molar-refractivity contribution in [2.75, 3.05) is 20.8 Å². The van der Waals surface area contributed by atoms with E-state index in [9.17, 15) is 4.91 Å². The fourth-order valence-electron chi connectivity index (χ4n) is 0.170. The molecule has 0 bridgehead atoms. The molecular formula is C3H9N3O. The van der Waals surface area contributed by atoms with Crippen LogP contribution in [0.2, 0.25) is 0 Å². The Morgan fingerprint density at radius 2 is 2.29 bits per heavy atom. The summed E-state index contributed by atoms with van der Waals surface area (Å²) in [5.41, 5.74) is 2.65. The van der Waals surface area contributed by atoms with Gasteiger partial charge in [0, 0.05) is 14.1 Å². The van der Waals surface area contributed by atoms with Crippen molar-refractivity contribution in [3.05, 3.63) is 4.91 Å². The topological polar surface area (TPSA) is 44.7 Å². The Balaban J connectivity index is 2.81. The van der Waals surface area contributed by atoms with E-state index in [1.807, 2.05) is 0 Å². The largest absolute Gasteiger partial charge is 0.249 e. The van der Waals surface area contributed by atoms with Crippen LogP contribution in [0.3, 0.4) is 0 Å². The lowest BCUT2D eigenvalue weighted by Crippen LogP contribution is -2.29. The van der Waals surface area contributed by atoms with E-state index in [1.165, 1.54) is 0 Å². The second-order valence-corrected chi connectivity index (χ2v) is 1.34. The normalized spacial score (nSPS) is 9.57. The minimum atomic E-state index is 0.146. The maximum atomic E-state index is 9.37. The highest BCUT2D eigenvalue weighted by Crippen LogP contribution is 1.61. The molecule has 0 aliphatic heterocycles. The molecule has 0 fully saturated rings. The summed E-state index contributed by atoms with van der Waals surface area (Å²) in [7, 11) is 3.59. The smallest absolute Gasteiger partial charge is 0.143 e. The first-order valence-corrected chi connectivity index (χ1v) is 1.97. The van der Waals surface area contributed by atoms with Gasteiger partial charge in [0.2, 0.25) is 0 Å². The van der Waals surface area contributed by atoms with E-state index < -0.39 is 0 Å². The van der Waals surface area contributed by atoms with E-state index in [0.717, 1.165) is 0 Å². The minimum Gasteiger partial charge on any atom is -0.249 e. The highest BCUT2D eigenvalue weighted by molar-refractivity contribution is 4.30. The van der Waals surface area contributed by atoms with Crippen LogP contribution >= 0.6 is 0 Å². The quantitative estimate of drug-likeness (QED) is 0.396. The number of nitrogens with one attached hydrogen (secondary N) is 1. The molecule has 0 saturated carbocycles. The monoisotopic (exact) mass is 103 g/mol. The molecule has 0 amide bonds. The van der Waals surface area contributed by atoms with Crippen molar-refractivity contribution < 1.29 is 0 Å². The van der Waals surface area contributed by atoms with Gasteiger partial charge in [-0.3, -0.25) is 0 Å². The molecule has 0 rings (SSSR count). The summed E-state index contributed by atoms with van der Waals surface area (Å²) in [5.74, 6) is 0. The van der Waals surface area contributed by atoms with Crippen LogP contribution in [0.1, 0.15) is 0 Å². The van der Waals surface area contributed by atoms with Gasteiger partial charge < -0.3 is 0 Å². The predicted molar refractivity (Wildman–Crippen MR) is 27.5 cm³/mol. The zero-order chi connectivity index (χ0) is 5.70. The Bertz CT molecular complexity index is 54.1. The second-order valence-electron chi connectivity index (χ2n) is 1.34. The highest BCUT2D eigenvalue weighted by atomic mass is 16.3. The number of rotatable bonds is 3. The van der Waals surface area contributed by atoms with Gasteiger partial charge in [-0.1, -0.05) is 5.18 Å². The number of nitrogens with zero attached hydrogens (tertiary/aromatic N) is 2. The maximum absolute atomic E-state index is 9.37. The molecule has 0 aliphatic carbocycles. The molecule has 0 aliphatic rings. The Labute approximate surface area is 42.4 Å². The van der Waals surface area contributed by atoms with Gasteiger partial charge in [0.1, 0.15) is 6.67 Å². The van der Waals surface area contributed by atoms with Gasteiger partial charge >= 0.3 is 0 Å². The van der Waals surface area contributed by atoms with Crippen molar-refractivity contribution >= 4 is 0 Å². The fourth-order valence-corrected chi connectivity index (χ4v) is 0.170. The predicted octanol–water partition coefficient (Wildman–Crippen LogP) is -0.223. The number of hydrazine groups is 1. The van der Waals surface area contributed by atoms with E-state index in [4.69, 9.17) is 0 Å². The molecule has 4 heteroatoms. The lowest BCUT2D eigenvalue weighted by Gasteiger charge is -2.05. The molecule has 42 valence electrons. The van der Waals surface area contributed by atoms with Crippen molar-refractivity contribution in [3.8, 4) is 0 Å². The van der Waals surface area contributed by atoms with Crippen LogP contribution in [0.4, 0.5) is 0 Å². The van der Waals surface area contributed by atoms with Gasteiger partial charge in [-0.25, -0.2) is 10.4 Å². The summed E-state index contributed by atoms with van der Waals surface area (Å²) in [6, 6.07) is 0. The third-order valence-corrected chi connectivity index (χ3v) is 0.451. The van der Waals surface area contributed by atoms with Gasteiger partial charge in [0.25, 0.3) is 0 Å². The van der Waals surface area contributed by atoms with Gasteiger partial charge in [0.15, 0.2) is 0 Å². The van der Waals surface area contributed by atoms with E-state index >= 15 is 0 Å². The molecular weight excluding hydrogens is 94.1 g/mol. The van der Waals surface area contributed by atoms with E-state index in [-0.39, 0.29) is 6.67 Å². The van der Waals surface area contributed by atoms with Gasteiger partial charge in [-0.2, -0.15) is 0 Å². The van der Waals surface area contributed by atoms with Crippen molar-refractivity contribution in [2.45, 2.75) is 0 Å². The van der Waals surface area contributed by atoms with Crippen LogP contribution in [-0.2, 0) is 0 Å². The Kier molecular flexibility index (Phi) is 3.45. The SMILES string of the molecule is CN(C)NCN=O. The molecule has 1 N–H and O–H groups in total. The molecule has 0 unspecified atom stereocenters. The Hall–Kier alpha value is -0.480. The molecule has 0 aromatic rings. The number of hydrogen-bond acceptors (Lipinski definition) is 4. The zero-order valence-electron chi connectivity index (χ0n) is 4.51. The summed E-state index contributed by atoms with van der Waals surface area (Å²) < 4.78 is 0. The number of nitroso groups, excluding NO2 is 1. The molecule has 0 heterocycles. The summed E-state index contributed by atoms with van der Waals surface area (Å²) in [5, 5.41) is 4.24. The molecule has 0 atom stereocenters. The lowest BCUT2D eigenvalue weighted by atomic mass is 11.1. The molecule has 0 aromatic carbocycles. The fraction of sp³-hybridized carbons (Fsp3) is 1.00. The second kappa shape index (κ2) is 3.70. The minimum absolute atomic E-state index is 0.146. The molecule has 4 nitrogen and oxygen atoms in total. The van der Waals surface area contributed by atoms with Crippen LogP contribution < -0.4 is 5.43 Å². The first-order chi connectivity index (χ1) is 3.27. The summed E-state index contributed by atoms with van der Waals surface area (Å²) in [6.07, 6.45) is 0.